The third kappa shape index (κ3) is 3.70. The molecule has 0 fully saturated rings. The van der Waals surface area contributed by atoms with Crippen molar-refractivity contribution in [1.82, 2.24) is 5.32 Å². The Morgan fingerprint density at radius 3 is 2.71 bits per heavy atom. The highest BCUT2D eigenvalue weighted by Crippen LogP contribution is 2.32. The molecule has 1 aliphatic rings. The molecule has 1 N–H and O–H groups in total. The van der Waals surface area contributed by atoms with Crippen LogP contribution < -0.4 is 15.0 Å². The van der Waals surface area contributed by atoms with Crippen LogP contribution in [0.5, 0.6) is 5.75 Å². The number of amides is 1. The number of carbonyl (C=O) groups excluding carboxylic acids is 1. The van der Waals surface area contributed by atoms with Gasteiger partial charge >= 0.3 is 0 Å². The highest BCUT2D eigenvalue weighted by molar-refractivity contribution is 5.79. The van der Waals surface area contributed by atoms with Crippen molar-refractivity contribution in [2.75, 3.05) is 25.1 Å². The number of rotatable bonds is 5. The van der Waals surface area contributed by atoms with E-state index in [4.69, 9.17) is 4.74 Å². The molecule has 126 valence electrons. The Morgan fingerprint density at radius 1 is 1.21 bits per heavy atom. The molecule has 0 bridgehead atoms. The molecule has 0 aliphatic carbocycles. The number of carbonyl (C=O) groups is 1. The van der Waals surface area contributed by atoms with Gasteiger partial charge in [-0.05, 0) is 42.7 Å². The first kappa shape index (κ1) is 16.4. The minimum absolute atomic E-state index is 0.0588. The molecule has 4 heteroatoms. The van der Waals surface area contributed by atoms with E-state index in [9.17, 15) is 4.79 Å². The van der Waals surface area contributed by atoms with Gasteiger partial charge in [0.15, 0.2) is 0 Å². The second-order valence-corrected chi connectivity index (χ2v) is 6.14. The van der Waals surface area contributed by atoms with Gasteiger partial charge in [0.25, 0.3) is 0 Å². The van der Waals surface area contributed by atoms with Gasteiger partial charge in [-0.15, -0.1) is 0 Å². The fraction of sp³-hybridized carbons (Fsp3) is 0.350. The van der Waals surface area contributed by atoms with Crippen molar-refractivity contribution in [2.45, 2.75) is 25.8 Å². The van der Waals surface area contributed by atoms with Crippen molar-refractivity contribution in [1.29, 1.82) is 0 Å². The molecular weight excluding hydrogens is 300 g/mol. The molecule has 4 nitrogen and oxygen atoms in total. The molecule has 1 aliphatic heterocycles. The molecule has 0 radical (unpaired) electrons. The number of fused-ring (bicyclic) bond motifs is 1. The Morgan fingerprint density at radius 2 is 1.96 bits per heavy atom. The summed E-state index contributed by atoms with van der Waals surface area (Å²) >= 11 is 0. The topological polar surface area (TPSA) is 41.6 Å². The highest BCUT2D eigenvalue weighted by atomic mass is 16.5. The van der Waals surface area contributed by atoms with Crippen molar-refractivity contribution in [3.8, 4) is 5.75 Å². The lowest BCUT2D eigenvalue weighted by Crippen LogP contribution is -2.37. The van der Waals surface area contributed by atoms with E-state index < -0.39 is 0 Å². The van der Waals surface area contributed by atoms with Gasteiger partial charge < -0.3 is 15.0 Å². The molecule has 1 atom stereocenters. The number of para-hydroxylation sites is 1. The van der Waals surface area contributed by atoms with E-state index in [0.29, 0.717) is 13.0 Å². The van der Waals surface area contributed by atoms with Gasteiger partial charge in [-0.3, -0.25) is 4.79 Å². The van der Waals surface area contributed by atoms with Gasteiger partial charge in [0.1, 0.15) is 5.75 Å². The number of nitrogens with one attached hydrogen (secondary N) is 1. The molecule has 0 spiro atoms. The molecule has 24 heavy (non-hydrogen) atoms. The molecule has 0 saturated heterocycles. The predicted octanol–water partition coefficient (Wildman–Crippen LogP) is 3.33. The number of ether oxygens (including phenoxy) is 1. The van der Waals surface area contributed by atoms with E-state index in [1.54, 1.807) is 0 Å². The van der Waals surface area contributed by atoms with E-state index in [2.05, 4.69) is 29.4 Å². The lowest BCUT2D eigenvalue weighted by Gasteiger charge is -2.33. The average molecular weight is 324 g/mol. The number of benzene rings is 2. The Balaban J connectivity index is 1.64. The van der Waals surface area contributed by atoms with E-state index in [1.807, 2.05) is 43.3 Å². The summed E-state index contributed by atoms with van der Waals surface area (Å²) in [5.74, 6) is 0.898. The first-order valence-corrected chi connectivity index (χ1v) is 8.48. The number of hydrogen-bond donors (Lipinski definition) is 1. The summed E-state index contributed by atoms with van der Waals surface area (Å²) in [5, 5.41) is 3.19. The van der Waals surface area contributed by atoms with E-state index >= 15 is 0 Å². The Kier molecular flexibility index (Phi) is 5.04. The maximum Gasteiger partial charge on any atom is 0.224 e. The van der Waals surface area contributed by atoms with Crippen LogP contribution in [0.15, 0.2) is 48.5 Å². The Hall–Kier alpha value is -2.49. The number of hydrogen-bond acceptors (Lipinski definition) is 3. The third-order valence-electron chi connectivity index (χ3n) is 4.41. The Labute approximate surface area is 143 Å². The second kappa shape index (κ2) is 7.39. The first-order valence-electron chi connectivity index (χ1n) is 8.48. The zero-order valence-electron chi connectivity index (χ0n) is 14.3. The van der Waals surface area contributed by atoms with Gasteiger partial charge in [0.2, 0.25) is 5.91 Å². The van der Waals surface area contributed by atoms with Crippen LogP contribution in [0.4, 0.5) is 5.69 Å². The van der Waals surface area contributed by atoms with Crippen molar-refractivity contribution in [2.24, 2.45) is 0 Å². The van der Waals surface area contributed by atoms with Crippen LogP contribution in [0, 0.1) is 0 Å². The van der Waals surface area contributed by atoms with E-state index in [0.717, 1.165) is 24.3 Å². The first-order chi connectivity index (χ1) is 11.7. The monoisotopic (exact) mass is 324 g/mol. The summed E-state index contributed by atoms with van der Waals surface area (Å²) in [7, 11) is 2.09. The minimum Gasteiger partial charge on any atom is -0.494 e. The maximum absolute atomic E-state index is 12.4. The molecule has 2 aromatic rings. The summed E-state index contributed by atoms with van der Waals surface area (Å²) in [4.78, 5) is 14.7. The fourth-order valence-electron chi connectivity index (χ4n) is 3.18. The largest absolute Gasteiger partial charge is 0.494 e. The lowest BCUT2D eigenvalue weighted by atomic mass is 9.96. The van der Waals surface area contributed by atoms with Crippen LogP contribution in [0.2, 0.25) is 0 Å². The highest BCUT2D eigenvalue weighted by Gasteiger charge is 2.24. The normalized spacial score (nSPS) is 16.4. The second-order valence-electron chi connectivity index (χ2n) is 6.14. The lowest BCUT2D eigenvalue weighted by molar-refractivity contribution is -0.121. The van der Waals surface area contributed by atoms with Crippen LogP contribution in [0.25, 0.3) is 0 Å². The minimum atomic E-state index is 0.0588. The van der Waals surface area contributed by atoms with Crippen LogP contribution in [0.1, 0.15) is 30.5 Å². The quantitative estimate of drug-likeness (QED) is 0.917. The van der Waals surface area contributed by atoms with Crippen LogP contribution in [-0.2, 0) is 11.2 Å². The summed E-state index contributed by atoms with van der Waals surface area (Å²) in [6.45, 7) is 3.56. The van der Waals surface area contributed by atoms with Gasteiger partial charge in [-0.1, -0.05) is 30.3 Å². The van der Waals surface area contributed by atoms with E-state index in [1.165, 1.54) is 11.3 Å². The molecule has 2 aromatic carbocycles. The smallest absolute Gasteiger partial charge is 0.224 e. The van der Waals surface area contributed by atoms with Crippen LogP contribution in [0.3, 0.4) is 0 Å². The SMILES string of the molecule is CCOc1ccc(CC(=O)NC2CCN(C)c3ccccc32)cc1. The summed E-state index contributed by atoms with van der Waals surface area (Å²) in [6, 6.07) is 16.1. The van der Waals surface area contributed by atoms with Crippen LogP contribution in [-0.4, -0.2) is 26.1 Å². The summed E-state index contributed by atoms with van der Waals surface area (Å²) in [5.41, 5.74) is 3.40. The molecule has 1 heterocycles. The fourth-order valence-corrected chi connectivity index (χ4v) is 3.18. The zero-order valence-corrected chi connectivity index (χ0v) is 14.3. The van der Waals surface area contributed by atoms with Crippen molar-refractivity contribution in [3.63, 3.8) is 0 Å². The third-order valence-corrected chi connectivity index (χ3v) is 4.41. The zero-order chi connectivity index (χ0) is 16.9. The van der Waals surface area contributed by atoms with Crippen molar-refractivity contribution in [3.05, 3.63) is 59.7 Å². The summed E-state index contributed by atoms with van der Waals surface area (Å²) < 4.78 is 5.43. The molecule has 1 amide bonds. The standard InChI is InChI=1S/C20H24N2O2/c1-3-24-16-10-8-15(9-11-16)14-20(23)21-18-12-13-22(2)19-7-5-4-6-17(18)19/h4-11,18H,3,12-14H2,1-2H3,(H,21,23). The molecule has 3 rings (SSSR count). The van der Waals surface area contributed by atoms with Gasteiger partial charge in [-0.2, -0.15) is 0 Å². The van der Waals surface area contributed by atoms with Gasteiger partial charge in [0.05, 0.1) is 19.1 Å². The Bertz CT molecular complexity index is 697. The van der Waals surface area contributed by atoms with Crippen molar-refractivity contribution < 1.29 is 9.53 Å². The summed E-state index contributed by atoms with van der Waals surface area (Å²) in [6.07, 6.45) is 1.32. The van der Waals surface area contributed by atoms with Gasteiger partial charge in [0, 0.05) is 19.3 Å². The van der Waals surface area contributed by atoms with Crippen LogP contribution >= 0.6 is 0 Å². The van der Waals surface area contributed by atoms with Gasteiger partial charge in [-0.25, -0.2) is 0 Å². The van der Waals surface area contributed by atoms with Crippen molar-refractivity contribution >= 4 is 11.6 Å². The maximum atomic E-state index is 12.4. The molecule has 0 aromatic heterocycles. The predicted molar refractivity (Wildman–Crippen MR) is 96.5 cm³/mol. The van der Waals surface area contributed by atoms with E-state index in [-0.39, 0.29) is 11.9 Å². The molecule has 1 unspecified atom stereocenters. The average Bonchev–Trinajstić information content (AvgIpc) is 2.60. The number of anilines is 1. The molecular formula is C20H24N2O2. The number of nitrogens with zero attached hydrogens (tertiary/aromatic N) is 1. The molecule has 0 saturated carbocycles.